The monoisotopic (exact) mass is 346 g/mol. The molecule has 0 spiro atoms. The predicted octanol–water partition coefficient (Wildman–Crippen LogP) is 0.277. The topological polar surface area (TPSA) is 57.5 Å². The van der Waals surface area contributed by atoms with Crippen molar-refractivity contribution in [3.05, 3.63) is 11.6 Å². The standard InChI is InChI=1S/C14H21F3N6O/c1-20-4-7-22(8-5-20)12(24)2-3-21-6-9-23-11(10-21)18-19-13(23)14(15,16)17/h2-10H2,1H3. The lowest BCUT2D eigenvalue weighted by Gasteiger charge is -2.33. The molecule has 0 aromatic carbocycles. The Hall–Kier alpha value is -1.68. The molecule has 1 aromatic heterocycles. The summed E-state index contributed by atoms with van der Waals surface area (Å²) in [7, 11) is 2.03. The average Bonchev–Trinajstić information content (AvgIpc) is 2.96. The summed E-state index contributed by atoms with van der Waals surface area (Å²) in [6, 6.07) is 0. The van der Waals surface area contributed by atoms with E-state index in [0.29, 0.717) is 31.9 Å². The SMILES string of the molecule is CN1CCN(C(=O)CCN2CCn3c(nnc3C(F)(F)F)C2)CC1. The first-order chi connectivity index (χ1) is 11.3. The molecule has 2 aliphatic heterocycles. The van der Waals surface area contributed by atoms with Crippen molar-refractivity contribution in [1.29, 1.82) is 0 Å². The van der Waals surface area contributed by atoms with Crippen molar-refractivity contribution in [2.24, 2.45) is 0 Å². The molecule has 10 heteroatoms. The first kappa shape index (κ1) is 17.2. The maximum absolute atomic E-state index is 12.8. The Labute approximate surface area is 138 Å². The Balaban J connectivity index is 1.52. The van der Waals surface area contributed by atoms with Gasteiger partial charge in [-0.15, -0.1) is 10.2 Å². The van der Waals surface area contributed by atoms with Gasteiger partial charge in [-0.25, -0.2) is 0 Å². The number of likely N-dealkylation sites (N-methyl/N-ethyl adjacent to an activating group) is 1. The van der Waals surface area contributed by atoms with Crippen LogP contribution in [0.25, 0.3) is 0 Å². The minimum absolute atomic E-state index is 0.103. The van der Waals surface area contributed by atoms with Crippen molar-refractivity contribution in [1.82, 2.24) is 29.5 Å². The smallest absolute Gasteiger partial charge is 0.340 e. The van der Waals surface area contributed by atoms with E-state index in [4.69, 9.17) is 0 Å². The molecule has 3 heterocycles. The van der Waals surface area contributed by atoms with E-state index in [1.807, 2.05) is 16.8 Å². The molecule has 134 valence electrons. The highest BCUT2D eigenvalue weighted by Gasteiger charge is 2.39. The molecule has 1 amide bonds. The Bertz CT molecular complexity index is 594. The van der Waals surface area contributed by atoms with Crippen LogP contribution in [0.3, 0.4) is 0 Å². The zero-order chi connectivity index (χ0) is 17.3. The Morgan fingerprint density at radius 3 is 2.46 bits per heavy atom. The van der Waals surface area contributed by atoms with Crippen LogP contribution in [-0.4, -0.2) is 81.7 Å². The fourth-order valence-electron chi connectivity index (χ4n) is 3.08. The van der Waals surface area contributed by atoms with Crippen molar-refractivity contribution < 1.29 is 18.0 Å². The van der Waals surface area contributed by atoms with E-state index in [1.54, 1.807) is 0 Å². The number of alkyl halides is 3. The molecule has 24 heavy (non-hydrogen) atoms. The van der Waals surface area contributed by atoms with Crippen LogP contribution in [0, 0.1) is 0 Å². The van der Waals surface area contributed by atoms with Crippen LogP contribution in [0.2, 0.25) is 0 Å². The van der Waals surface area contributed by atoms with E-state index in [2.05, 4.69) is 15.1 Å². The first-order valence-electron chi connectivity index (χ1n) is 8.02. The number of hydrogen-bond acceptors (Lipinski definition) is 5. The number of carbonyl (C=O) groups excluding carboxylic acids is 1. The number of rotatable bonds is 3. The summed E-state index contributed by atoms with van der Waals surface area (Å²) in [6.07, 6.45) is -4.10. The molecule has 0 radical (unpaired) electrons. The summed E-state index contributed by atoms with van der Waals surface area (Å²) < 4.78 is 39.5. The van der Waals surface area contributed by atoms with Crippen molar-refractivity contribution in [2.45, 2.75) is 25.7 Å². The summed E-state index contributed by atoms with van der Waals surface area (Å²) in [5, 5.41) is 6.91. The molecule has 0 atom stereocenters. The van der Waals surface area contributed by atoms with Crippen LogP contribution in [0.1, 0.15) is 18.1 Å². The Morgan fingerprint density at radius 2 is 1.79 bits per heavy atom. The number of fused-ring (bicyclic) bond motifs is 1. The summed E-state index contributed by atoms with van der Waals surface area (Å²) in [5.41, 5.74) is 0. The number of halogens is 3. The van der Waals surface area contributed by atoms with Crippen LogP contribution in [-0.2, 0) is 24.1 Å². The fraction of sp³-hybridized carbons (Fsp3) is 0.786. The van der Waals surface area contributed by atoms with Crippen LogP contribution < -0.4 is 0 Å². The molecule has 1 saturated heterocycles. The molecule has 7 nitrogen and oxygen atoms in total. The van der Waals surface area contributed by atoms with Gasteiger partial charge in [0.25, 0.3) is 0 Å². The lowest BCUT2D eigenvalue weighted by Crippen LogP contribution is -2.48. The summed E-state index contributed by atoms with van der Waals surface area (Å²) >= 11 is 0. The zero-order valence-corrected chi connectivity index (χ0v) is 13.6. The minimum Gasteiger partial charge on any atom is -0.340 e. The highest BCUT2D eigenvalue weighted by molar-refractivity contribution is 5.76. The lowest BCUT2D eigenvalue weighted by molar-refractivity contribution is -0.148. The van der Waals surface area contributed by atoms with Crippen molar-refractivity contribution in [3.63, 3.8) is 0 Å². The normalized spacial score (nSPS) is 20.2. The quantitative estimate of drug-likeness (QED) is 0.787. The van der Waals surface area contributed by atoms with Crippen LogP contribution in [0.5, 0.6) is 0 Å². The summed E-state index contributed by atoms with van der Waals surface area (Å²) in [6.45, 7) is 4.69. The van der Waals surface area contributed by atoms with Gasteiger partial charge in [0.2, 0.25) is 11.7 Å². The van der Waals surface area contributed by atoms with Gasteiger partial charge in [0.15, 0.2) is 0 Å². The third kappa shape index (κ3) is 3.69. The zero-order valence-electron chi connectivity index (χ0n) is 13.6. The van der Waals surface area contributed by atoms with Crippen LogP contribution in [0.4, 0.5) is 13.2 Å². The predicted molar refractivity (Wildman–Crippen MR) is 79.0 cm³/mol. The van der Waals surface area contributed by atoms with Crippen LogP contribution >= 0.6 is 0 Å². The molecule has 0 saturated carbocycles. The van der Waals surface area contributed by atoms with Gasteiger partial charge >= 0.3 is 6.18 Å². The van der Waals surface area contributed by atoms with Gasteiger partial charge in [-0.05, 0) is 7.05 Å². The van der Waals surface area contributed by atoms with Crippen molar-refractivity contribution >= 4 is 5.91 Å². The molecule has 2 aliphatic rings. The van der Waals surface area contributed by atoms with E-state index in [9.17, 15) is 18.0 Å². The van der Waals surface area contributed by atoms with E-state index >= 15 is 0 Å². The number of nitrogens with zero attached hydrogens (tertiary/aromatic N) is 6. The average molecular weight is 346 g/mol. The van der Waals surface area contributed by atoms with Crippen molar-refractivity contribution in [3.8, 4) is 0 Å². The molecular formula is C14H21F3N6O. The third-order valence-electron chi connectivity index (χ3n) is 4.58. The third-order valence-corrected chi connectivity index (χ3v) is 4.58. The molecule has 0 aliphatic carbocycles. The Morgan fingerprint density at radius 1 is 1.08 bits per heavy atom. The second-order valence-corrected chi connectivity index (χ2v) is 6.30. The van der Waals surface area contributed by atoms with E-state index in [1.165, 1.54) is 0 Å². The highest BCUT2D eigenvalue weighted by Crippen LogP contribution is 2.29. The Kier molecular flexibility index (Phi) is 4.77. The van der Waals surface area contributed by atoms with Crippen molar-refractivity contribution in [2.75, 3.05) is 46.3 Å². The highest BCUT2D eigenvalue weighted by atomic mass is 19.4. The van der Waals surface area contributed by atoms with E-state index in [0.717, 1.165) is 30.7 Å². The number of piperazine rings is 1. The second-order valence-electron chi connectivity index (χ2n) is 6.30. The number of amides is 1. The molecule has 0 N–H and O–H groups in total. The van der Waals surface area contributed by atoms with E-state index in [-0.39, 0.29) is 12.5 Å². The van der Waals surface area contributed by atoms with Gasteiger partial charge in [-0.3, -0.25) is 9.69 Å². The van der Waals surface area contributed by atoms with Gasteiger partial charge in [0.1, 0.15) is 5.82 Å². The summed E-state index contributed by atoms with van der Waals surface area (Å²) in [5.74, 6) is -0.530. The maximum Gasteiger partial charge on any atom is 0.451 e. The minimum atomic E-state index is -4.48. The van der Waals surface area contributed by atoms with Gasteiger partial charge in [0, 0.05) is 52.2 Å². The molecule has 1 aromatic rings. The molecule has 0 unspecified atom stereocenters. The maximum atomic E-state index is 12.8. The van der Waals surface area contributed by atoms with E-state index < -0.39 is 12.0 Å². The molecule has 0 bridgehead atoms. The fourth-order valence-corrected chi connectivity index (χ4v) is 3.08. The number of carbonyl (C=O) groups is 1. The summed E-state index contributed by atoms with van der Waals surface area (Å²) in [4.78, 5) is 18.2. The number of hydrogen-bond donors (Lipinski definition) is 0. The number of aromatic nitrogens is 3. The first-order valence-corrected chi connectivity index (χ1v) is 8.02. The van der Waals surface area contributed by atoms with Gasteiger partial charge < -0.3 is 14.4 Å². The second kappa shape index (κ2) is 6.67. The van der Waals surface area contributed by atoms with Gasteiger partial charge in [-0.1, -0.05) is 0 Å². The lowest BCUT2D eigenvalue weighted by atomic mass is 10.2. The molecule has 1 fully saturated rings. The molecular weight excluding hydrogens is 325 g/mol. The molecule has 3 rings (SSSR count). The van der Waals surface area contributed by atoms with Gasteiger partial charge in [0.05, 0.1) is 6.54 Å². The van der Waals surface area contributed by atoms with Gasteiger partial charge in [-0.2, -0.15) is 13.2 Å². The largest absolute Gasteiger partial charge is 0.451 e. The van der Waals surface area contributed by atoms with Crippen LogP contribution in [0.15, 0.2) is 0 Å².